The van der Waals surface area contributed by atoms with Crippen LogP contribution < -0.4 is 4.74 Å². The van der Waals surface area contributed by atoms with Crippen LogP contribution in [-0.4, -0.2) is 29.2 Å². The van der Waals surface area contributed by atoms with E-state index in [1.807, 2.05) is 0 Å². The highest BCUT2D eigenvalue weighted by Gasteiger charge is 2.41. The molecular weight excluding hydrogens is 337 g/mol. The third kappa shape index (κ3) is 4.10. The number of hydrogen-bond acceptors (Lipinski definition) is 6. The fraction of sp³-hybridized carbons (Fsp3) is 0.538. The number of ether oxygens (including phenoxy) is 2. The predicted molar refractivity (Wildman–Crippen MR) is 73.8 cm³/mol. The van der Waals surface area contributed by atoms with E-state index >= 15 is 0 Å². The maximum Gasteiger partial charge on any atom is 0.420 e. The molecule has 0 N–H and O–H groups in total. The third-order valence-corrected chi connectivity index (χ3v) is 3.45. The molecule has 132 valence electrons. The van der Waals surface area contributed by atoms with Crippen molar-refractivity contribution in [2.45, 2.75) is 31.5 Å². The molecule has 0 amide bonds. The van der Waals surface area contributed by atoms with Gasteiger partial charge in [0.25, 0.3) is 5.69 Å². The van der Waals surface area contributed by atoms with Gasteiger partial charge in [-0.25, -0.2) is 0 Å². The summed E-state index contributed by atoms with van der Waals surface area (Å²) in [4.78, 5) is 19.5. The van der Waals surface area contributed by atoms with E-state index in [4.69, 9.17) is 9.47 Å². The van der Waals surface area contributed by atoms with Crippen LogP contribution in [0.25, 0.3) is 0 Å². The van der Waals surface area contributed by atoms with Crippen molar-refractivity contribution in [2.24, 2.45) is 0 Å². The lowest BCUT2D eigenvalue weighted by Gasteiger charge is -2.23. The molecule has 0 spiro atoms. The maximum atomic E-state index is 13.1. The molecule has 1 unspecified atom stereocenters. The fourth-order valence-electron chi connectivity index (χ4n) is 2.32. The van der Waals surface area contributed by atoms with Crippen molar-refractivity contribution >= 4 is 11.4 Å². The van der Waals surface area contributed by atoms with Crippen LogP contribution in [0.4, 0.5) is 24.5 Å². The number of hydrogen-bond donors (Lipinski definition) is 0. The van der Waals surface area contributed by atoms with Gasteiger partial charge in [0.15, 0.2) is 0 Å². The molecule has 1 aromatic rings. The fourth-order valence-corrected chi connectivity index (χ4v) is 2.32. The molecule has 1 aliphatic heterocycles. The number of alkyl halides is 3. The molecule has 1 atom stereocenters. The summed E-state index contributed by atoms with van der Waals surface area (Å²) in [6.07, 6.45) is -3.33. The van der Waals surface area contributed by atoms with E-state index in [1.165, 1.54) is 0 Å². The minimum absolute atomic E-state index is 0.226. The molecule has 0 radical (unpaired) electrons. The van der Waals surface area contributed by atoms with Crippen molar-refractivity contribution in [3.8, 4) is 5.75 Å². The van der Waals surface area contributed by atoms with Crippen LogP contribution in [0.2, 0.25) is 0 Å². The Morgan fingerprint density at radius 2 is 1.92 bits per heavy atom. The van der Waals surface area contributed by atoms with Gasteiger partial charge < -0.3 is 9.47 Å². The van der Waals surface area contributed by atoms with E-state index in [0.29, 0.717) is 19.1 Å². The summed E-state index contributed by atoms with van der Waals surface area (Å²) in [5, 5.41) is 21.8. The van der Waals surface area contributed by atoms with Crippen molar-refractivity contribution in [3.05, 3.63) is 37.9 Å². The van der Waals surface area contributed by atoms with Crippen molar-refractivity contribution < 1.29 is 32.5 Å². The van der Waals surface area contributed by atoms with Gasteiger partial charge in [-0.1, -0.05) is 0 Å². The van der Waals surface area contributed by atoms with Crippen LogP contribution in [0.1, 0.15) is 24.8 Å². The molecule has 1 aromatic carbocycles. The molecule has 0 aliphatic carbocycles. The van der Waals surface area contributed by atoms with Crippen LogP contribution >= 0.6 is 0 Å². The standard InChI is InChI=1S/C13H13F3N2O6/c14-13(15,16)10-5-8(17(19)20)6-11(18(21)22)12(10)24-7-9-3-1-2-4-23-9/h5-6,9H,1-4,7H2. The topological polar surface area (TPSA) is 105 Å². The van der Waals surface area contributed by atoms with Crippen molar-refractivity contribution in [1.29, 1.82) is 0 Å². The first-order chi connectivity index (χ1) is 11.2. The van der Waals surface area contributed by atoms with Gasteiger partial charge in [-0.3, -0.25) is 20.2 Å². The summed E-state index contributed by atoms with van der Waals surface area (Å²) in [5.74, 6) is -1.03. The number of nitro groups is 2. The first-order valence-electron chi connectivity index (χ1n) is 6.98. The molecule has 1 aliphatic rings. The second kappa shape index (κ2) is 6.99. The predicted octanol–water partition coefficient (Wildman–Crippen LogP) is 3.47. The molecule has 1 fully saturated rings. The summed E-state index contributed by atoms with van der Waals surface area (Å²) >= 11 is 0. The van der Waals surface area contributed by atoms with E-state index in [2.05, 4.69) is 0 Å². The van der Waals surface area contributed by atoms with Crippen LogP contribution in [0.5, 0.6) is 5.75 Å². The molecular formula is C13H13F3N2O6. The molecule has 0 saturated carbocycles. The highest BCUT2D eigenvalue weighted by Crippen LogP contribution is 2.44. The first-order valence-corrected chi connectivity index (χ1v) is 6.98. The Morgan fingerprint density at radius 1 is 1.21 bits per heavy atom. The van der Waals surface area contributed by atoms with Crippen molar-refractivity contribution in [3.63, 3.8) is 0 Å². The summed E-state index contributed by atoms with van der Waals surface area (Å²) in [7, 11) is 0. The second-order valence-corrected chi connectivity index (χ2v) is 5.15. The first kappa shape index (κ1) is 17.9. The van der Waals surface area contributed by atoms with E-state index in [9.17, 15) is 33.4 Å². The van der Waals surface area contributed by atoms with Gasteiger partial charge in [-0.15, -0.1) is 0 Å². The maximum absolute atomic E-state index is 13.1. The number of nitro benzene ring substituents is 2. The minimum Gasteiger partial charge on any atom is -0.484 e. The lowest BCUT2D eigenvalue weighted by Crippen LogP contribution is -2.26. The quantitative estimate of drug-likeness (QED) is 0.595. The molecule has 2 rings (SSSR count). The monoisotopic (exact) mass is 350 g/mol. The van der Waals surface area contributed by atoms with Crippen LogP contribution in [0, 0.1) is 20.2 Å². The summed E-state index contributed by atoms with van der Waals surface area (Å²) in [6.45, 7) is 0.129. The van der Waals surface area contributed by atoms with E-state index < -0.39 is 44.8 Å². The number of rotatable bonds is 5. The van der Waals surface area contributed by atoms with Gasteiger partial charge in [0, 0.05) is 12.7 Å². The average Bonchev–Trinajstić information content (AvgIpc) is 2.52. The number of non-ortho nitro benzene ring substituents is 1. The largest absolute Gasteiger partial charge is 0.484 e. The Labute approximate surface area is 133 Å². The van der Waals surface area contributed by atoms with Gasteiger partial charge in [0.2, 0.25) is 5.75 Å². The molecule has 1 heterocycles. The van der Waals surface area contributed by atoms with Crippen LogP contribution in [0.15, 0.2) is 12.1 Å². The molecule has 8 nitrogen and oxygen atoms in total. The highest BCUT2D eigenvalue weighted by molar-refractivity contribution is 5.59. The van der Waals surface area contributed by atoms with Gasteiger partial charge >= 0.3 is 11.9 Å². The smallest absolute Gasteiger partial charge is 0.420 e. The van der Waals surface area contributed by atoms with Gasteiger partial charge in [0.1, 0.15) is 12.2 Å². The zero-order valence-electron chi connectivity index (χ0n) is 12.2. The molecule has 0 bridgehead atoms. The Bertz CT molecular complexity index is 643. The second-order valence-electron chi connectivity index (χ2n) is 5.15. The van der Waals surface area contributed by atoms with Gasteiger partial charge in [0.05, 0.1) is 22.0 Å². The minimum atomic E-state index is -5.04. The van der Waals surface area contributed by atoms with Crippen LogP contribution in [-0.2, 0) is 10.9 Å². The number of benzene rings is 1. The molecule has 11 heteroatoms. The Morgan fingerprint density at radius 3 is 2.42 bits per heavy atom. The Hall–Kier alpha value is -2.43. The molecule has 0 aromatic heterocycles. The number of halogens is 3. The number of nitrogens with zero attached hydrogens (tertiary/aromatic N) is 2. The Kier molecular flexibility index (Phi) is 5.22. The van der Waals surface area contributed by atoms with E-state index in [0.717, 1.165) is 12.8 Å². The average molecular weight is 350 g/mol. The normalized spacial score (nSPS) is 18.2. The SMILES string of the molecule is O=[N+]([O-])c1cc([N+](=O)[O-])c(OCC2CCCCO2)c(C(F)(F)F)c1. The van der Waals surface area contributed by atoms with Gasteiger partial charge in [-0.2, -0.15) is 13.2 Å². The highest BCUT2D eigenvalue weighted by atomic mass is 19.4. The van der Waals surface area contributed by atoms with E-state index in [-0.39, 0.29) is 12.7 Å². The Balaban J connectivity index is 2.41. The van der Waals surface area contributed by atoms with Crippen molar-refractivity contribution in [1.82, 2.24) is 0 Å². The molecule has 24 heavy (non-hydrogen) atoms. The van der Waals surface area contributed by atoms with E-state index in [1.54, 1.807) is 0 Å². The molecule has 1 saturated heterocycles. The van der Waals surface area contributed by atoms with Crippen molar-refractivity contribution in [2.75, 3.05) is 13.2 Å². The summed E-state index contributed by atoms with van der Waals surface area (Å²) < 4.78 is 49.8. The van der Waals surface area contributed by atoms with Gasteiger partial charge in [-0.05, 0) is 19.3 Å². The zero-order chi connectivity index (χ0) is 17.9. The summed E-state index contributed by atoms with van der Waals surface area (Å²) in [5.41, 5.74) is -3.69. The summed E-state index contributed by atoms with van der Waals surface area (Å²) in [6, 6.07) is 0.677. The lowest BCUT2D eigenvalue weighted by atomic mass is 10.1. The lowest BCUT2D eigenvalue weighted by molar-refractivity contribution is -0.395. The van der Waals surface area contributed by atoms with Crippen LogP contribution in [0.3, 0.4) is 0 Å². The third-order valence-electron chi connectivity index (χ3n) is 3.45. The zero-order valence-corrected chi connectivity index (χ0v) is 12.2.